The van der Waals surface area contributed by atoms with Gasteiger partial charge in [0.25, 0.3) is 5.69 Å². The molecule has 1 aromatic carbocycles. The molecule has 11 heteroatoms. The lowest BCUT2D eigenvalue weighted by Gasteiger charge is -2.01. The molecule has 17 heavy (non-hydrogen) atoms. The number of hydrazine groups is 1. The highest BCUT2D eigenvalue weighted by molar-refractivity contribution is 7.89. The molecule has 9 nitrogen and oxygen atoms in total. The molecule has 0 atom stereocenters. The molecule has 1 aromatic rings. The summed E-state index contributed by atoms with van der Waals surface area (Å²) in [5, 5.41) is 18.9. The molecule has 0 amide bonds. The van der Waals surface area contributed by atoms with Crippen molar-refractivity contribution in [2.24, 2.45) is 0 Å². The predicted molar refractivity (Wildman–Crippen MR) is 50.4 cm³/mol. The van der Waals surface area contributed by atoms with Crippen LogP contribution < -0.4 is 4.83 Å². The lowest BCUT2D eigenvalue weighted by molar-refractivity contribution is -0.518. The van der Waals surface area contributed by atoms with E-state index >= 15 is 0 Å². The number of rotatable bonds is 4. The van der Waals surface area contributed by atoms with Gasteiger partial charge in [-0.1, -0.05) is 0 Å². The molecule has 0 heterocycles. The van der Waals surface area contributed by atoms with Gasteiger partial charge in [-0.2, -0.15) is 8.42 Å². The van der Waals surface area contributed by atoms with Crippen LogP contribution in [0.5, 0.6) is 0 Å². The number of sulfonamides is 1. The molecule has 0 spiro atoms. The number of nitro benzene ring substituents is 1. The molecule has 1 rings (SSSR count). The van der Waals surface area contributed by atoms with Gasteiger partial charge < -0.3 is 0 Å². The third-order valence-corrected chi connectivity index (χ3v) is 2.89. The van der Waals surface area contributed by atoms with Gasteiger partial charge in [0, 0.05) is 12.1 Å². The number of non-ortho nitro benzene ring substituents is 1. The zero-order valence-corrected chi connectivity index (χ0v) is 8.68. The van der Waals surface area contributed by atoms with E-state index < -0.39 is 36.4 Å². The van der Waals surface area contributed by atoms with Gasteiger partial charge in [-0.25, -0.2) is 14.5 Å². The summed E-state index contributed by atoms with van der Waals surface area (Å²) in [7, 11) is -4.77. The fraction of sp³-hybridized carbons (Fsp3) is 0. The molecule has 0 fully saturated rings. The maximum atomic E-state index is 13.1. The van der Waals surface area contributed by atoms with Gasteiger partial charge in [0.15, 0.2) is 5.03 Å². The lowest BCUT2D eigenvalue weighted by atomic mass is 10.3. The quantitative estimate of drug-likeness (QED) is 0.610. The molecular weight excluding hydrogens is 261 g/mol. The second-order valence-corrected chi connectivity index (χ2v) is 4.35. The fourth-order valence-electron chi connectivity index (χ4n) is 0.959. The summed E-state index contributed by atoms with van der Waals surface area (Å²) in [4.78, 5) is 19.1. The standard InChI is InChI=1S/C6H4FN3O6S/c7-5-2-1-4(9(11)12)3-6(5)17(15,16)8-10(13)14/h1-3,8H. The molecule has 0 bridgehead atoms. The minimum Gasteiger partial charge on any atom is -0.258 e. The summed E-state index contributed by atoms with van der Waals surface area (Å²) in [5.41, 5.74) is -0.699. The number of halogens is 1. The van der Waals surface area contributed by atoms with Crippen molar-refractivity contribution in [1.82, 2.24) is 4.83 Å². The van der Waals surface area contributed by atoms with Crippen molar-refractivity contribution in [2.75, 3.05) is 0 Å². The normalized spacial score (nSPS) is 10.9. The van der Waals surface area contributed by atoms with Gasteiger partial charge in [0.1, 0.15) is 10.7 Å². The molecule has 1 N–H and O–H groups in total. The number of nitrogens with one attached hydrogen (secondary N) is 1. The van der Waals surface area contributed by atoms with Crippen LogP contribution in [-0.2, 0) is 10.0 Å². The summed E-state index contributed by atoms with van der Waals surface area (Å²) < 4.78 is 35.6. The minimum atomic E-state index is -4.77. The summed E-state index contributed by atoms with van der Waals surface area (Å²) in [5.74, 6) is -1.33. The van der Waals surface area contributed by atoms with E-state index in [-0.39, 0.29) is 0 Å². The van der Waals surface area contributed by atoms with Gasteiger partial charge in [-0.15, -0.1) is 0 Å². The molecule has 0 aliphatic rings. The Hall–Kier alpha value is -2.30. The van der Waals surface area contributed by atoms with Crippen molar-refractivity contribution in [3.05, 3.63) is 44.2 Å². The van der Waals surface area contributed by atoms with Gasteiger partial charge in [-0.3, -0.25) is 10.1 Å². The zero-order chi connectivity index (χ0) is 13.2. The van der Waals surface area contributed by atoms with Crippen LogP contribution in [0.3, 0.4) is 0 Å². The number of hydrogen-bond donors (Lipinski definition) is 1. The molecule has 0 saturated heterocycles. The van der Waals surface area contributed by atoms with Gasteiger partial charge >= 0.3 is 10.0 Å². The topological polar surface area (TPSA) is 132 Å². The summed E-state index contributed by atoms with van der Waals surface area (Å²) in [6.45, 7) is 0. The van der Waals surface area contributed by atoms with Crippen molar-refractivity contribution < 1.29 is 22.8 Å². The maximum Gasteiger partial charge on any atom is 0.314 e. The van der Waals surface area contributed by atoms with Crippen molar-refractivity contribution in [1.29, 1.82) is 0 Å². The number of benzene rings is 1. The van der Waals surface area contributed by atoms with E-state index in [2.05, 4.69) is 0 Å². The predicted octanol–water partition coefficient (Wildman–Crippen LogP) is 0.204. The van der Waals surface area contributed by atoms with E-state index in [4.69, 9.17) is 0 Å². The third-order valence-electron chi connectivity index (χ3n) is 1.61. The van der Waals surface area contributed by atoms with E-state index in [1.807, 2.05) is 0 Å². The molecule has 0 radical (unpaired) electrons. The van der Waals surface area contributed by atoms with E-state index in [0.717, 1.165) is 10.9 Å². The first-order valence-corrected chi connectivity index (χ1v) is 5.33. The third kappa shape index (κ3) is 2.84. The molecular formula is C6H4FN3O6S. The highest BCUT2D eigenvalue weighted by Crippen LogP contribution is 2.20. The first-order valence-electron chi connectivity index (χ1n) is 3.85. The maximum absolute atomic E-state index is 13.1. The fourth-order valence-corrected chi connectivity index (χ4v) is 1.85. The second-order valence-electron chi connectivity index (χ2n) is 2.72. The molecule has 0 saturated carbocycles. The van der Waals surface area contributed by atoms with Crippen LogP contribution in [0.2, 0.25) is 0 Å². The highest BCUT2D eigenvalue weighted by Gasteiger charge is 2.26. The van der Waals surface area contributed by atoms with E-state index in [1.54, 1.807) is 0 Å². The highest BCUT2D eigenvalue weighted by atomic mass is 32.2. The second kappa shape index (κ2) is 4.29. The number of nitro groups is 2. The zero-order valence-electron chi connectivity index (χ0n) is 7.86. The summed E-state index contributed by atoms with van der Waals surface area (Å²) >= 11 is 0. The molecule has 0 aromatic heterocycles. The van der Waals surface area contributed by atoms with Crippen LogP contribution in [0.15, 0.2) is 23.1 Å². The van der Waals surface area contributed by atoms with Crippen LogP contribution in [0, 0.1) is 26.0 Å². The number of nitrogens with zero attached hydrogens (tertiary/aromatic N) is 2. The smallest absolute Gasteiger partial charge is 0.258 e. The van der Waals surface area contributed by atoms with Gasteiger partial charge in [-0.05, 0) is 10.9 Å². The van der Waals surface area contributed by atoms with E-state index in [0.29, 0.717) is 12.1 Å². The Bertz CT molecular complexity index is 585. The lowest BCUT2D eigenvalue weighted by Crippen LogP contribution is -2.30. The minimum absolute atomic E-state index is 0.390. The van der Waals surface area contributed by atoms with E-state index in [9.17, 15) is 33.0 Å². The van der Waals surface area contributed by atoms with Crippen molar-refractivity contribution in [2.45, 2.75) is 4.90 Å². The Labute approximate surface area is 93.2 Å². The largest absolute Gasteiger partial charge is 0.314 e. The summed E-state index contributed by atoms with van der Waals surface area (Å²) in [6, 6.07) is 1.66. The molecule has 0 unspecified atom stereocenters. The molecule has 0 aliphatic heterocycles. The van der Waals surface area contributed by atoms with Crippen LogP contribution in [0.1, 0.15) is 0 Å². The monoisotopic (exact) mass is 265 g/mol. The molecule has 0 aliphatic carbocycles. The SMILES string of the molecule is O=[N+]([O-])NS(=O)(=O)c1cc([N+](=O)[O-])ccc1F. The van der Waals surface area contributed by atoms with Crippen LogP contribution >= 0.6 is 0 Å². The van der Waals surface area contributed by atoms with Crippen molar-refractivity contribution in [3.63, 3.8) is 0 Å². The van der Waals surface area contributed by atoms with E-state index in [1.165, 1.54) is 0 Å². The van der Waals surface area contributed by atoms with Crippen LogP contribution in [0.25, 0.3) is 0 Å². The Morgan fingerprint density at radius 2 is 1.82 bits per heavy atom. The van der Waals surface area contributed by atoms with Gasteiger partial charge in [0.05, 0.1) is 4.92 Å². The average Bonchev–Trinajstić information content (AvgIpc) is 2.15. The summed E-state index contributed by atoms with van der Waals surface area (Å²) in [6.07, 6.45) is 0. The Balaban J connectivity index is 3.35. The van der Waals surface area contributed by atoms with Crippen LogP contribution in [0.4, 0.5) is 10.1 Å². The van der Waals surface area contributed by atoms with Gasteiger partial charge in [0.2, 0.25) is 0 Å². The Morgan fingerprint density at radius 3 is 2.29 bits per heavy atom. The number of hydrogen-bond acceptors (Lipinski definition) is 6. The average molecular weight is 265 g/mol. The van der Waals surface area contributed by atoms with Crippen molar-refractivity contribution in [3.8, 4) is 0 Å². The Morgan fingerprint density at radius 1 is 1.24 bits per heavy atom. The first-order chi connectivity index (χ1) is 7.74. The van der Waals surface area contributed by atoms with Crippen LogP contribution in [-0.4, -0.2) is 18.4 Å². The first kappa shape index (κ1) is 12.8. The molecule has 92 valence electrons. The van der Waals surface area contributed by atoms with Crippen molar-refractivity contribution >= 4 is 15.7 Å². The Kier molecular flexibility index (Phi) is 3.22.